The SMILES string of the molecule is Cc1nn(-c2ccccc2)cc1CCCNC(=O)/C=C/c1ccc(Oc2cccnc2)c(F)c1. The Labute approximate surface area is 197 Å². The minimum atomic E-state index is -0.516. The largest absolute Gasteiger partial charge is 0.453 e. The molecule has 34 heavy (non-hydrogen) atoms. The molecule has 2 heterocycles. The number of hydrogen-bond acceptors (Lipinski definition) is 4. The zero-order valence-electron chi connectivity index (χ0n) is 18.8. The number of nitrogens with one attached hydrogen (secondary N) is 1. The highest BCUT2D eigenvalue weighted by molar-refractivity contribution is 5.91. The highest BCUT2D eigenvalue weighted by Crippen LogP contribution is 2.24. The fourth-order valence-corrected chi connectivity index (χ4v) is 3.41. The summed E-state index contributed by atoms with van der Waals surface area (Å²) >= 11 is 0. The van der Waals surface area contributed by atoms with Gasteiger partial charge in [0.05, 0.1) is 17.6 Å². The molecule has 1 amide bonds. The molecular formula is C27H25FN4O2. The van der Waals surface area contributed by atoms with Gasteiger partial charge in [0.25, 0.3) is 0 Å². The van der Waals surface area contributed by atoms with E-state index < -0.39 is 5.82 Å². The molecule has 0 atom stereocenters. The molecule has 0 spiro atoms. The Morgan fingerprint density at radius 1 is 1.15 bits per heavy atom. The second-order valence-electron chi connectivity index (χ2n) is 7.73. The number of carbonyl (C=O) groups is 1. The third-order valence-electron chi connectivity index (χ3n) is 5.19. The molecule has 6 nitrogen and oxygen atoms in total. The van der Waals surface area contributed by atoms with Gasteiger partial charge in [-0.05, 0) is 73.4 Å². The van der Waals surface area contributed by atoms with Gasteiger partial charge in [-0.3, -0.25) is 9.78 Å². The van der Waals surface area contributed by atoms with Gasteiger partial charge >= 0.3 is 0 Å². The fourth-order valence-electron chi connectivity index (χ4n) is 3.41. The van der Waals surface area contributed by atoms with Crippen molar-refractivity contribution < 1.29 is 13.9 Å². The Morgan fingerprint density at radius 2 is 2.00 bits per heavy atom. The minimum absolute atomic E-state index is 0.0977. The molecule has 0 unspecified atom stereocenters. The van der Waals surface area contributed by atoms with Crippen LogP contribution in [-0.2, 0) is 11.2 Å². The molecule has 7 heteroatoms. The summed E-state index contributed by atoms with van der Waals surface area (Å²) in [6.45, 7) is 2.52. The fraction of sp³-hybridized carbons (Fsp3) is 0.148. The normalized spacial score (nSPS) is 11.0. The Morgan fingerprint density at radius 3 is 2.76 bits per heavy atom. The summed E-state index contributed by atoms with van der Waals surface area (Å²) in [6, 6.07) is 17.9. The molecule has 0 aliphatic rings. The van der Waals surface area contributed by atoms with Crippen molar-refractivity contribution in [2.75, 3.05) is 6.54 Å². The average molecular weight is 457 g/mol. The number of nitrogens with zero attached hydrogens (tertiary/aromatic N) is 3. The predicted octanol–water partition coefficient (Wildman–Crippen LogP) is 5.27. The van der Waals surface area contributed by atoms with E-state index >= 15 is 0 Å². The lowest BCUT2D eigenvalue weighted by Gasteiger charge is -2.06. The van der Waals surface area contributed by atoms with Crippen molar-refractivity contribution in [1.82, 2.24) is 20.1 Å². The van der Waals surface area contributed by atoms with Crippen molar-refractivity contribution in [3.8, 4) is 17.2 Å². The average Bonchev–Trinajstić information content (AvgIpc) is 3.23. The first-order valence-electron chi connectivity index (χ1n) is 11.0. The molecule has 4 rings (SSSR count). The first-order chi connectivity index (χ1) is 16.6. The van der Waals surface area contributed by atoms with E-state index in [-0.39, 0.29) is 11.7 Å². The Balaban J connectivity index is 1.24. The van der Waals surface area contributed by atoms with Crippen LogP contribution in [0.4, 0.5) is 4.39 Å². The van der Waals surface area contributed by atoms with Crippen LogP contribution in [0.2, 0.25) is 0 Å². The van der Waals surface area contributed by atoms with Crippen LogP contribution in [0.15, 0.2) is 85.3 Å². The summed E-state index contributed by atoms with van der Waals surface area (Å²) in [5, 5.41) is 7.43. The summed E-state index contributed by atoms with van der Waals surface area (Å²) in [4.78, 5) is 16.1. The smallest absolute Gasteiger partial charge is 0.243 e. The standard InChI is InChI=1S/C27H25FN4O2/c1-20-22(19-32(31-20)23-8-3-2-4-9-23)7-5-16-30-27(33)14-12-21-11-13-26(25(28)17-21)34-24-10-6-15-29-18-24/h2-4,6,8-15,17-19H,5,7,16H2,1H3,(H,30,33)/b14-12+. The third-order valence-corrected chi connectivity index (χ3v) is 5.19. The maximum Gasteiger partial charge on any atom is 0.243 e. The second kappa shape index (κ2) is 11.0. The highest BCUT2D eigenvalue weighted by Gasteiger charge is 2.07. The summed E-state index contributed by atoms with van der Waals surface area (Å²) in [5.74, 6) is -0.196. The lowest BCUT2D eigenvalue weighted by Crippen LogP contribution is -2.22. The maximum atomic E-state index is 14.3. The summed E-state index contributed by atoms with van der Waals surface area (Å²) in [7, 11) is 0. The molecule has 2 aromatic carbocycles. The lowest BCUT2D eigenvalue weighted by molar-refractivity contribution is -0.116. The molecule has 0 aliphatic heterocycles. The van der Waals surface area contributed by atoms with E-state index in [9.17, 15) is 9.18 Å². The minimum Gasteiger partial charge on any atom is -0.453 e. The Hall–Kier alpha value is -4.26. The summed E-state index contributed by atoms with van der Waals surface area (Å²) in [6.07, 6.45) is 9.72. The zero-order chi connectivity index (χ0) is 23.8. The van der Waals surface area contributed by atoms with E-state index in [1.807, 2.05) is 48.1 Å². The molecule has 4 aromatic rings. The number of carbonyl (C=O) groups excluding carboxylic acids is 1. The van der Waals surface area contributed by atoms with Gasteiger partial charge < -0.3 is 10.1 Å². The monoisotopic (exact) mass is 456 g/mol. The first-order valence-corrected chi connectivity index (χ1v) is 11.0. The number of aryl methyl sites for hydroxylation is 2. The molecule has 0 bridgehead atoms. The molecule has 0 aliphatic carbocycles. The van der Waals surface area contributed by atoms with E-state index in [1.165, 1.54) is 24.4 Å². The molecular weight excluding hydrogens is 431 g/mol. The van der Waals surface area contributed by atoms with Crippen LogP contribution >= 0.6 is 0 Å². The number of pyridine rings is 1. The molecule has 0 saturated carbocycles. The van der Waals surface area contributed by atoms with E-state index in [1.54, 1.807) is 30.5 Å². The van der Waals surface area contributed by atoms with Crippen LogP contribution in [0.25, 0.3) is 11.8 Å². The van der Waals surface area contributed by atoms with Gasteiger partial charge in [0.2, 0.25) is 5.91 Å². The van der Waals surface area contributed by atoms with Crippen molar-refractivity contribution in [3.63, 3.8) is 0 Å². The topological polar surface area (TPSA) is 69.0 Å². The van der Waals surface area contributed by atoms with Crippen LogP contribution in [0.3, 0.4) is 0 Å². The van der Waals surface area contributed by atoms with Crippen LogP contribution < -0.4 is 10.1 Å². The van der Waals surface area contributed by atoms with Gasteiger partial charge in [0, 0.05) is 25.0 Å². The molecule has 1 N–H and O–H groups in total. The predicted molar refractivity (Wildman–Crippen MR) is 129 cm³/mol. The third kappa shape index (κ3) is 6.16. The quantitative estimate of drug-likeness (QED) is 0.275. The maximum absolute atomic E-state index is 14.3. The van der Waals surface area contributed by atoms with Crippen molar-refractivity contribution in [1.29, 1.82) is 0 Å². The van der Waals surface area contributed by atoms with E-state index in [4.69, 9.17) is 4.74 Å². The number of rotatable bonds is 9. The molecule has 2 aromatic heterocycles. The van der Waals surface area contributed by atoms with Crippen LogP contribution in [0.5, 0.6) is 11.5 Å². The van der Waals surface area contributed by atoms with Crippen molar-refractivity contribution in [3.05, 3.63) is 108 Å². The number of halogens is 1. The first kappa shape index (κ1) is 22.9. The van der Waals surface area contributed by atoms with Gasteiger partial charge in [0.15, 0.2) is 11.6 Å². The molecule has 0 radical (unpaired) electrons. The summed E-state index contributed by atoms with van der Waals surface area (Å²) in [5.41, 5.74) is 3.71. The molecule has 0 fully saturated rings. The number of para-hydroxylation sites is 1. The zero-order valence-corrected chi connectivity index (χ0v) is 18.8. The number of benzene rings is 2. The second-order valence-corrected chi connectivity index (χ2v) is 7.73. The number of aromatic nitrogens is 3. The van der Waals surface area contributed by atoms with Crippen molar-refractivity contribution in [2.45, 2.75) is 19.8 Å². The van der Waals surface area contributed by atoms with Gasteiger partial charge in [-0.2, -0.15) is 5.10 Å². The number of amides is 1. The Kier molecular flexibility index (Phi) is 7.45. The van der Waals surface area contributed by atoms with Gasteiger partial charge in [-0.25, -0.2) is 9.07 Å². The highest BCUT2D eigenvalue weighted by atomic mass is 19.1. The lowest BCUT2D eigenvalue weighted by atomic mass is 10.1. The molecule has 0 saturated heterocycles. The molecule has 172 valence electrons. The van der Waals surface area contributed by atoms with Gasteiger partial charge in [-0.1, -0.05) is 24.3 Å². The van der Waals surface area contributed by atoms with Crippen molar-refractivity contribution in [2.24, 2.45) is 0 Å². The van der Waals surface area contributed by atoms with Crippen LogP contribution in [-0.4, -0.2) is 27.2 Å². The summed E-state index contributed by atoms with van der Waals surface area (Å²) < 4.78 is 21.7. The van der Waals surface area contributed by atoms with Gasteiger partial charge in [-0.15, -0.1) is 0 Å². The van der Waals surface area contributed by atoms with E-state index in [0.29, 0.717) is 17.9 Å². The van der Waals surface area contributed by atoms with E-state index in [0.717, 1.165) is 29.8 Å². The van der Waals surface area contributed by atoms with Crippen LogP contribution in [0, 0.1) is 12.7 Å². The van der Waals surface area contributed by atoms with Gasteiger partial charge in [0.1, 0.15) is 5.75 Å². The number of hydrogen-bond donors (Lipinski definition) is 1. The Bertz CT molecular complexity index is 1270. The van der Waals surface area contributed by atoms with E-state index in [2.05, 4.69) is 15.4 Å². The number of ether oxygens (including phenoxy) is 1. The van der Waals surface area contributed by atoms with Crippen LogP contribution in [0.1, 0.15) is 23.2 Å². The van der Waals surface area contributed by atoms with Crippen molar-refractivity contribution >= 4 is 12.0 Å².